The van der Waals surface area contributed by atoms with Crippen LogP contribution in [0.5, 0.6) is 6.01 Å². The van der Waals surface area contributed by atoms with E-state index in [0.29, 0.717) is 45.9 Å². The SMILES string of the molecule is CCOc1ncn([C@@H]2C[C@H](COCc3ccccc3)C(OCc3ccccc3)C[C@@H]2OCc2ccccc2)c(=O)n1. The van der Waals surface area contributed by atoms with Crippen LogP contribution in [0.25, 0.3) is 0 Å². The zero-order chi connectivity index (χ0) is 28.3. The maximum Gasteiger partial charge on any atom is 0.353 e. The molecule has 0 bridgehead atoms. The summed E-state index contributed by atoms with van der Waals surface area (Å²) in [4.78, 5) is 21.5. The summed E-state index contributed by atoms with van der Waals surface area (Å²) in [7, 11) is 0. The molecule has 5 rings (SSSR count). The van der Waals surface area contributed by atoms with Crippen LogP contribution in [0.2, 0.25) is 0 Å². The molecular weight excluding hydrogens is 518 g/mol. The third kappa shape index (κ3) is 8.10. The Kier molecular flexibility index (Phi) is 10.3. The van der Waals surface area contributed by atoms with Crippen LogP contribution in [-0.4, -0.2) is 40.0 Å². The maximum atomic E-state index is 13.1. The van der Waals surface area contributed by atoms with Gasteiger partial charge >= 0.3 is 11.7 Å². The molecule has 8 heteroatoms. The molecule has 1 unspecified atom stereocenters. The average Bonchev–Trinajstić information content (AvgIpc) is 3.01. The molecule has 214 valence electrons. The molecule has 1 heterocycles. The van der Waals surface area contributed by atoms with E-state index in [1.807, 2.05) is 73.7 Å². The zero-order valence-corrected chi connectivity index (χ0v) is 23.4. The Labute approximate surface area is 240 Å². The van der Waals surface area contributed by atoms with Crippen LogP contribution in [0.15, 0.2) is 102 Å². The summed E-state index contributed by atoms with van der Waals surface area (Å²) in [5.41, 5.74) is 2.88. The smallest absolute Gasteiger partial charge is 0.353 e. The number of benzene rings is 3. The quantitative estimate of drug-likeness (QED) is 0.219. The monoisotopic (exact) mass is 555 g/mol. The third-order valence-electron chi connectivity index (χ3n) is 7.36. The van der Waals surface area contributed by atoms with E-state index in [-0.39, 0.29) is 30.2 Å². The predicted molar refractivity (Wildman–Crippen MR) is 155 cm³/mol. The highest BCUT2D eigenvalue weighted by Gasteiger charge is 2.40. The first kappa shape index (κ1) is 28.7. The molecule has 0 aliphatic heterocycles. The van der Waals surface area contributed by atoms with Crippen molar-refractivity contribution in [2.24, 2.45) is 5.92 Å². The van der Waals surface area contributed by atoms with E-state index in [2.05, 4.69) is 34.2 Å². The Morgan fingerprint density at radius 2 is 1.32 bits per heavy atom. The van der Waals surface area contributed by atoms with Crippen LogP contribution in [0.3, 0.4) is 0 Å². The number of nitrogens with zero attached hydrogens (tertiary/aromatic N) is 3. The van der Waals surface area contributed by atoms with Crippen molar-refractivity contribution >= 4 is 0 Å². The largest absolute Gasteiger partial charge is 0.464 e. The molecule has 0 spiro atoms. The molecular formula is C33H37N3O5. The zero-order valence-electron chi connectivity index (χ0n) is 23.4. The summed E-state index contributed by atoms with van der Waals surface area (Å²) < 4.78 is 26.2. The van der Waals surface area contributed by atoms with Crippen molar-refractivity contribution in [3.8, 4) is 6.01 Å². The van der Waals surface area contributed by atoms with Gasteiger partial charge in [0.25, 0.3) is 0 Å². The highest BCUT2D eigenvalue weighted by atomic mass is 16.5. The van der Waals surface area contributed by atoms with Gasteiger partial charge in [0.1, 0.15) is 6.33 Å². The van der Waals surface area contributed by atoms with Gasteiger partial charge in [-0.2, -0.15) is 4.98 Å². The Bertz CT molecular complexity index is 1380. The molecule has 1 saturated carbocycles. The van der Waals surface area contributed by atoms with Crippen molar-refractivity contribution in [2.75, 3.05) is 13.2 Å². The van der Waals surface area contributed by atoms with Crippen molar-refractivity contribution < 1.29 is 18.9 Å². The molecule has 0 N–H and O–H groups in total. The van der Waals surface area contributed by atoms with Crippen molar-refractivity contribution in [2.45, 2.75) is 57.8 Å². The van der Waals surface area contributed by atoms with Crippen molar-refractivity contribution in [3.63, 3.8) is 0 Å². The number of hydrogen-bond donors (Lipinski definition) is 0. The summed E-state index contributed by atoms with van der Waals surface area (Å²) >= 11 is 0. The second-order valence-electron chi connectivity index (χ2n) is 10.2. The fourth-order valence-electron chi connectivity index (χ4n) is 5.26. The van der Waals surface area contributed by atoms with Crippen LogP contribution in [-0.2, 0) is 34.0 Å². The lowest BCUT2D eigenvalue weighted by atomic mass is 9.81. The van der Waals surface area contributed by atoms with Crippen LogP contribution in [0.1, 0.15) is 42.5 Å². The first-order valence-electron chi connectivity index (χ1n) is 14.2. The van der Waals surface area contributed by atoms with Gasteiger partial charge in [-0.25, -0.2) is 4.79 Å². The summed E-state index contributed by atoms with van der Waals surface area (Å²) in [5.74, 6) is 0.0301. The van der Waals surface area contributed by atoms with Crippen molar-refractivity contribution in [3.05, 3.63) is 124 Å². The number of ether oxygens (including phenoxy) is 4. The van der Waals surface area contributed by atoms with Crippen molar-refractivity contribution in [1.29, 1.82) is 0 Å². The topological polar surface area (TPSA) is 84.7 Å². The first-order valence-corrected chi connectivity index (χ1v) is 14.2. The lowest BCUT2D eigenvalue weighted by molar-refractivity contribution is -0.119. The highest BCUT2D eigenvalue weighted by molar-refractivity contribution is 5.15. The molecule has 4 atom stereocenters. The number of hydrogen-bond acceptors (Lipinski definition) is 7. The van der Waals surface area contributed by atoms with Crippen LogP contribution >= 0.6 is 0 Å². The average molecular weight is 556 g/mol. The van der Waals surface area contributed by atoms with E-state index in [9.17, 15) is 4.79 Å². The number of rotatable bonds is 13. The van der Waals surface area contributed by atoms with Gasteiger partial charge in [-0.1, -0.05) is 91.0 Å². The molecule has 4 aromatic rings. The van der Waals surface area contributed by atoms with Gasteiger partial charge in [-0.05, 0) is 30.0 Å². The Morgan fingerprint density at radius 3 is 1.88 bits per heavy atom. The molecule has 3 aromatic carbocycles. The Morgan fingerprint density at radius 1 is 0.756 bits per heavy atom. The van der Waals surface area contributed by atoms with E-state index >= 15 is 0 Å². The van der Waals surface area contributed by atoms with Gasteiger partial charge in [0.05, 0.1) is 51.3 Å². The maximum absolute atomic E-state index is 13.1. The predicted octanol–water partition coefficient (Wildman–Crippen LogP) is 5.38. The summed E-state index contributed by atoms with van der Waals surface area (Å²) in [6.07, 6.45) is 2.33. The van der Waals surface area contributed by atoms with Gasteiger partial charge in [-0.15, -0.1) is 4.98 Å². The Balaban J connectivity index is 1.38. The second kappa shape index (κ2) is 14.7. The van der Waals surface area contributed by atoms with Gasteiger partial charge in [0.2, 0.25) is 0 Å². The molecule has 8 nitrogen and oxygen atoms in total. The minimum Gasteiger partial charge on any atom is -0.464 e. The van der Waals surface area contributed by atoms with Crippen LogP contribution in [0, 0.1) is 5.92 Å². The molecule has 1 fully saturated rings. The molecule has 0 saturated heterocycles. The van der Waals surface area contributed by atoms with Crippen LogP contribution in [0.4, 0.5) is 0 Å². The molecule has 1 aliphatic rings. The number of aromatic nitrogens is 3. The molecule has 1 aliphatic carbocycles. The fraction of sp³-hybridized carbons (Fsp3) is 0.364. The fourth-order valence-corrected chi connectivity index (χ4v) is 5.26. The summed E-state index contributed by atoms with van der Waals surface area (Å²) in [5, 5.41) is 0. The Hall–Kier alpha value is -3.85. The minimum absolute atomic E-state index is 0.0301. The summed E-state index contributed by atoms with van der Waals surface area (Å²) in [6, 6.07) is 30.1. The van der Waals surface area contributed by atoms with Gasteiger partial charge in [0.15, 0.2) is 0 Å². The lowest BCUT2D eigenvalue weighted by Gasteiger charge is -2.41. The van der Waals surface area contributed by atoms with Crippen LogP contribution < -0.4 is 10.4 Å². The summed E-state index contributed by atoms with van der Waals surface area (Å²) in [6.45, 7) is 4.13. The van der Waals surface area contributed by atoms with E-state index in [1.165, 1.54) is 6.33 Å². The minimum atomic E-state index is -0.408. The van der Waals surface area contributed by atoms with E-state index in [4.69, 9.17) is 18.9 Å². The molecule has 1 aromatic heterocycles. The standard InChI is InChI=1S/C33H37N3O5/c1-2-39-32-34-24-36(33(37)35-32)29-18-28(23-38-20-25-12-6-3-7-13-25)30(40-21-26-14-8-4-9-15-26)19-31(29)41-22-27-16-10-5-11-17-27/h3-17,24,28-31H,2,18-23H2,1H3/t28-,29-,30?,31+/m1/s1. The molecule has 0 amide bonds. The van der Waals surface area contributed by atoms with E-state index in [0.717, 1.165) is 16.7 Å². The van der Waals surface area contributed by atoms with Gasteiger partial charge in [0, 0.05) is 12.3 Å². The molecule has 41 heavy (non-hydrogen) atoms. The van der Waals surface area contributed by atoms with Gasteiger partial charge < -0.3 is 18.9 Å². The normalized spacial score (nSPS) is 20.5. The van der Waals surface area contributed by atoms with E-state index in [1.54, 1.807) is 4.57 Å². The first-order chi connectivity index (χ1) is 20.2. The van der Waals surface area contributed by atoms with Gasteiger partial charge in [-0.3, -0.25) is 4.57 Å². The van der Waals surface area contributed by atoms with E-state index < -0.39 is 5.69 Å². The lowest BCUT2D eigenvalue weighted by Crippen LogP contribution is -2.46. The molecule has 0 radical (unpaired) electrons. The van der Waals surface area contributed by atoms with Crippen molar-refractivity contribution in [1.82, 2.24) is 14.5 Å². The second-order valence-corrected chi connectivity index (χ2v) is 10.2. The highest BCUT2D eigenvalue weighted by Crippen LogP contribution is 2.37. The third-order valence-corrected chi connectivity index (χ3v) is 7.36.